The smallest absolute Gasteiger partial charge is 0.253 e. The van der Waals surface area contributed by atoms with Gasteiger partial charge in [0, 0.05) is 49.5 Å². The van der Waals surface area contributed by atoms with Gasteiger partial charge in [-0.1, -0.05) is 0 Å². The van der Waals surface area contributed by atoms with Crippen LogP contribution in [0.3, 0.4) is 0 Å². The lowest BCUT2D eigenvalue weighted by Gasteiger charge is -2.51. The standard InChI is InChI=1S/C20H28N4O3/c1-23(2)17-16(15-7-12-27-18(15)17)22-19(25)13-5-10-24(11-6-13)20(26)14-3-8-21-9-4-14/h3-4,8-9,13,15-18H,5-7,10-12H2,1-2H3,(H,22,25)/t15-,16+,17-,18-/m1/s1. The minimum absolute atomic E-state index is 0.0179. The van der Waals surface area contributed by atoms with Crippen LogP contribution in [0.4, 0.5) is 0 Å². The molecule has 0 spiro atoms. The van der Waals surface area contributed by atoms with E-state index < -0.39 is 0 Å². The van der Waals surface area contributed by atoms with E-state index in [1.54, 1.807) is 24.5 Å². The van der Waals surface area contributed by atoms with E-state index in [9.17, 15) is 9.59 Å². The molecule has 1 N–H and O–H groups in total. The lowest BCUT2D eigenvalue weighted by atomic mass is 9.70. The lowest BCUT2D eigenvalue weighted by Crippen LogP contribution is -2.70. The van der Waals surface area contributed by atoms with Crippen LogP contribution in [0.25, 0.3) is 0 Å². The van der Waals surface area contributed by atoms with Gasteiger partial charge in [-0.2, -0.15) is 0 Å². The summed E-state index contributed by atoms with van der Waals surface area (Å²) in [4.78, 5) is 33.3. The summed E-state index contributed by atoms with van der Waals surface area (Å²) in [5.41, 5.74) is 0.656. The second-order valence-electron chi connectivity index (χ2n) is 8.08. The van der Waals surface area contributed by atoms with Crippen molar-refractivity contribution in [1.29, 1.82) is 0 Å². The van der Waals surface area contributed by atoms with Crippen molar-refractivity contribution in [3.8, 4) is 0 Å². The van der Waals surface area contributed by atoms with E-state index in [4.69, 9.17) is 4.74 Å². The fourth-order valence-electron chi connectivity index (χ4n) is 4.79. The molecule has 3 fully saturated rings. The van der Waals surface area contributed by atoms with Crippen LogP contribution in [0.2, 0.25) is 0 Å². The predicted octanol–water partition coefficient (Wildman–Crippen LogP) is 0.768. The van der Waals surface area contributed by atoms with Crippen LogP contribution in [0.15, 0.2) is 24.5 Å². The molecule has 4 atom stereocenters. The van der Waals surface area contributed by atoms with Crippen molar-refractivity contribution in [2.45, 2.75) is 37.5 Å². The quantitative estimate of drug-likeness (QED) is 0.845. The van der Waals surface area contributed by atoms with Gasteiger partial charge >= 0.3 is 0 Å². The number of ether oxygens (including phenoxy) is 1. The number of rotatable bonds is 4. The summed E-state index contributed by atoms with van der Waals surface area (Å²) in [6.07, 6.45) is 5.98. The number of nitrogens with one attached hydrogen (secondary N) is 1. The van der Waals surface area contributed by atoms with Gasteiger partial charge in [0.05, 0.1) is 18.2 Å². The first-order valence-corrected chi connectivity index (χ1v) is 9.84. The van der Waals surface area contributed by atoms with Crippen molar-refractivity contribution >= 4 is 11.8 Å². The molecule has 7 nitrogen and oxygen atoms in total. The molecule has 146 valence electrons. The number of likely N-dealkylation sites (tertiary alicyclic amines) is 1. The Hall–Kier alpha value is -1.99. The molecular weight excluding hydrogens is 344 g/mol. The van der Waals surface area contributed by atoms with Gasteiger partial charge in [-0.3, -0.25) is 14.6 Å². The third-order valence-electron chi connectivity index (χ3n) is 6.33. The van der Waals surface area contributed by atoms with Crippen molar-refractivity contribution in [3.63, 3.8) is 0 Å². The predicted molar refractivity (Wildman–Crippen MR) is 100 cm³/mol. The first-order valence-electron chi connectivity index (χ1n) is 9.84. The summed E-state index contributed by atoms with van der Waals surface area (Å²) in [6.45, 7) is 2.04. The summed E-state index contributed by atoms with van der Waals surface area (Å²) < 4.78 is 5.82. The van der Waals surface area contributed by atoms with Crippen molar-refractivity contribution in [2.24, 2.45) is 11.8 Å². The molecule has 2 amide bonds. The molecule has 0 bridgehead atoms. The summed E-state index contributed by atoms with van der Waals surface area (Å²) in [5.74, 6) is 0.576. The number of carbonyl (C=O) groups is 2. The van der Waals surface area contributed by atoms with Gasteiger partial charge in [0.2, 0.25) is 5.91 Å². The highest BCUT2D eigenvalue weighted by Gasteiger charge is 2.55. The molecule has 0 aromatic carbocycles. The van der Waals surface area contributed by atoms with Crippen molar-refractivity contribution < 1.29 is 14.3 Å². The Morgan fingerprint density at radius 3 is 2.56 bits per heavy atom. The molecule has 1 aromatic heterocycles. The molecule has 2 aliphatic heterocycles. The number of pyridine rings is 1. The highest BCUT2D eigenvalue weighted by Crippen LogP contribution is 2.41. The zero-order chi connectivity index (χ0) is 19.0. The molecule has 7 heteroatoms. The first kappa shape index (κ1) is 18.4. The van der Waals surface area contributed by atoms with Crippen LogP contribution in [0.1, 0.15) is 29.6 Å². The van der Waals surface area contributed by atoms with Crippen LogP contribution in [0, 0.1) is 11.8 Å². The van der Waals surface area contributed by atoms with Crippen LogP contribution >= 0.6 is 0 Å². The SMILES string of the molecule is CN(C)[C@@H]1[C@@H](NC(=O)C2CCN(C(=O)c3ccncc3)CC2)[C@H]2CCO[C@H]21. The van der Waals surface area contributed by atoms with Gasteiger partial charge in [0.1, 0.15) is 0 Å². The van der Waals surface area contributed by atoms with E-state index in [2.05, 4.69) is 15.2 Å². The van der Waals surface area contributed by atoms with Gasteiger partial charge in [0.25, 0.3) is 5.91 Å². The van der Waals surface area contributed by atoms with Gasteiger partial charge < -0.3 is 19.9 Å². The Kier molecular flexibility index (Phi) is 5.14. The van der Waals surface area contributed by atoms with E-state index in [0.717, 1.165) is 13.0 Å². The number of piperidine rings is 1. The number of nitrogens with zero attached hydrogens (tertiary/aromatic N) is 3. The molecule has 0 radical (unpaired) electrons. The van der Waals surface area contributed by atoms with E-state index >= 15 is 0 Å². The highest BCUT2D eigenvalue weighted by atomic mass is 16.5. The van der Waals surface area contributed by atoms with E-state index in [1.807, 2.05) is 19.0 Å². The maximum absolute atomic E-state index is 12.8. The van der Waals surface area contributed by atoms with Gasteiger partial charge in [-0.25, -0.2) is 0 Å². The molecule has 1 aliphatic carbocycles. The maximum Gasteiger partial charge on any atom is 0.253 e. The molecule has 27 heavy (non-hydrogen) atoms. The van der Waals surface area contributed by atoms with Crippen molar-refractivity contribution in [2.75, 3.05) is 33.8 Å². The fourth-order valence-corrected chi connectivity index (χ4v) is 4.79. The summed E-state index contributed by atoms with van der Waals surface area (Å²) in [6, 6.07) is 3.91. The fraction of sp³-hybridized carbons (Fsp3) is 0.650. The maximum atomic E-state index is 12.8. The third-order valence-corrected chi connectivity index (χ3v) is 6.33. The molecule has 1 aromatic rings. The van der Waals surface area contributed by atoms with Crippen molar-refractivity contribution in [1.82, 2.24) is 20.1 Å². The highest BCUT2D eigenvalue weighted by molar-refractivity contribution is 5.94. The number of fused-ring (bicyclic) bond motifs is 1. The largest absolute Gasteiger partial charge is 0.376 e. The lowest BCUT2D eigenvalue weighted by molar-refractivity contribution is -0.133. The number of amides is 2. The van der Waals surface area contributed by atoms with E-state index in [-0.39, 0.29) is 35.9 Å². The number of aromatic nitrogens is 1. The molecule has 2 saturated heterocycles. The number of hydrogen-bond acceptors (Lipinski definition) is 5. The Morgan fingerprint density at radius 1 is 1.19 bits per heavy atom. The molecular formula is C20H28N4O3. The second kappa shape index (κ2) is 7.56. The van der Waals surface area contributed by atoms with Crippen LogP contribution < -0.4 is 5.32 Å². The average molecular weight is 372 g/mol. The van der Waals surface area contributed by atoms with Gasteiger partial charge in [-0.05, 0) is 45.5 Å². The van der Waals surface area contributed by atoms with Crippen LogP contribution in [0.5, 0.6) is 0 Å². The van der Waals surface area contributed by atoms with Gasteiger partial charge in [-0.15, -0.1) is 0 Å². The minimum Gasteiger partial charge on any atom is -0.376 e. The Bertz CT molecular complexity index is 688. The summed E-state index contributed by atoms with van der Waals surface area (Å²) >= 11 is 0. The molecule has 4 rings (SSSR count). The minimum atomic E-state index is -0.0179. The first-order chi connectivity index (χ1) is 13.1. The van der Waals surface area contributed by atoms with E-state index in [0.29, 0.717) is 37.4 Å². The van der Waals surface area contributed by atoms with Crippen LogP contribution in [-0.4, -0.2) is 78.6 Å². The number of likely N-dealkylation sites (N-methyl/N-ethyl adjacent to an activating group) is 1. The van der Waals surface area contributed by atoms with E-state index in [1.165, 1.54) is 0 Å². The molecule has 0 unspecified atom stereocenters. The second-order valence-corrected chi connectivity index (χ2v) is 8.08. The molecule has 3 aliphatic rings. The zero-order valence-electron chi connectivity index (χ0n) is 16.0. The summed E-state index contributed by atoms with van der Waals surface area (Å²) in [5, 5.41) is 3.29. The normalized spacial score (nSPS) is 30.7. The van der Waals surface area contributed by atoms with Gasteiger partial charge in [0.15, 0.2) is 0 Å². The summed E-state index contributed by atoms with van der Waals surface area (Å²) in [7, 11) is 4.09. The Balaban J connectivity index is 1.31. The molecule has 3 heterocycles. The van der Waals surface area contributed by atoms with Crippen molar-refractivity contribution in [3.05, 3.63) is 30.1 Å². The molecule has 1 saturated carbocycles. The third kappa shape index (κ3) is 3.46. The Labute approximate surface area is 160 Å². The zero-order valence-corrected chi connectivity index (χ0v) is 16.0. The average Bonchev–Trinajstić information content (AvgIpc) is 3.09. The Morgan fingerprint density at radius 2 is 1.89 bits per heavy atom. The number of carbonyl (C=O) groups excluding carboxylic acids is 2. The number of hydrogen-bond donors (Lipinski definition) is 1. The van der Waals surface area contributed by atoms with Crippen LogP contribution in [-0.2, 0) is 9.53 Å². The topological polar surface area (TPSA) is 74.8 Å². The monoisotopic (exact) mass is 372 g/mol.